The van der Waals surface area contributed by atoms with Crippen LogP contribution in [0, 0.1) is 0 Å². The summed E-state index contributed by atoms with van der Waals surface area (Å²) in [5.74, 6) is 2.35. The zero-order valence-electron chi connectivity index (χ0n) is 14.4. The molecule has 5 heteroatoms. The van der Waals surface area contributed by atoms with Crippen LogP contribution in [0.4, 0.5) is 0 Å². The molecule has 0 aliphatic carbocycles. The van der Waals surface area contributed by atoms with Gasteiger partial charge in [-0.2, -0.15) is 0 Å². The first-order valence-corrected chi connectivity index (χ1v) is 7.99. The maximum absolute atomic E-state index is 5.60. The van der Waals surface area contributed by atoms with Gasteiger partial charge in [-0.15, -0.1) is 0 Å². The maximum atomic E-state index is 5.60. The van der Waals surface area contributed by atoms with E-state index in [1.807, 2.05) is 25.1 Å². The molecule has 0 fully saturated rings. The van der Waals surface area contributed by atoms with Crippen molar-refractivity contribution in [2.24, 2.45) is 4.99 Å². The molecule has 124 valence electrons. The van der Waals surface area contributed by atoms with Gasteiger partial charge in [0.15, 0.2) is 17.5 Å². The molecule has 1 aromatic carbocycles. The van der Waals surface area contributed by atoms with Gasteiger partial charge in [0.1, 0.15) is 0 Å². The lowest BCUT2D eigenvalue weighted by atomic mass is 10.2. The van der Waals surface area contributed by atoms with Gasteiger partial charge in [0.25, 0.3) is 0 Å². The summed E-state index contributed by atoms with van der Waals surface area (Å²) < 4.78 is 10.9. The second-order valence-corrected chi connectivity index (χ2v) is 5.07. The van der Waals surface area contributed by atoms with E-state index in [2.05, 4.69) is 36.4 Å². The van der Waals surface area contributed by atoms with Gasteiger partial charge in [0, 0.05) is 12.6 Å². The summed E-state index contributed by atoms with van der Waals surface area (Å²) in [4.78, 5) is 4.63. The topological polar surface area (TPSA) is 54.9 Å². The average molecular weight is 307 g/mol. The number of hydrogen-bond acceptors (Lipinski definition) is 3. The van der Waals surface area contributed by atoms with E-state index in [9.17, 15) is 0 Å². The van der Waals surface area contributed by atoms with Gasteiger partial charge in [-0.05, 0) is 44.9 Å². The molecule has 0 aromatic heterocycles. The summed E-state index contributed by atoms with van der Waals surface area (Å²) >= 11 is 0. The van der Waals surface area contributed by atoms with E-state index in [0.29, 0.717) is 19.2 Å². The summed E-state index contributed by atoms with van der Waals surface area (Å²) in [6, 6.07) is 6.31. The summed E-state index contributed by atoms with van der Waals surface area (Å²) in [7, 11) is 1.65. The van der Waals surface area contributed by atoms with Gasteiger partial charge in [-0.25, -0.2) is 4.99 Å². The molecule has 0 radical (unpaired) electrons. The van der Waals surface area contributed by atoms with Crippen molar-refractivity contribution < 1.29 is 9.47 Å². The number of nitrogens with zero attached hydrogens (tertiary/aromatic N) is 1. The fraction of sp³-hybridized carbons (Fsp3) is 0.588. The number of methoxy groups -OCH3 is 1. The Morgan fingerprint density at radius 1 is 1.23 bits per heavy atom. The van der Waals surface area contributed by atoms with E-state index in [-0.39, 0.29) is 0 Å². The van der Waals surface area contributed by atoms with Crippen LogP contribution in [0.3, 0.4) is 0 Å². The van der Waals surface area contributed by atoms with Crippen molar-refractivity contribution in [1.82, 2.24) is 10.6 Å². The molecule has 2 N–H and O–H groups in total. The first-order chi connectivity index (χ1) is 10.6. The zero-order valence-corrected chi connectivity index (χ0v) is 14.4. The van der Waals surface area contributed by atoms with Crippen molar-refractivity contribution in [3.8, 4) is 11.5 Å². The fourth-order valence-electron chi connectivity index (χ4n) is 1.91. The first kappa shape index (κ1) is 18.1. The van der Waals surface area contributed by atoms with Crippen LogP contribution in [0.2, 0.25) is 0 Å². The van der Waals surface area contributed by atoms with Crippen LogP contribution in [-0.2, 0) is 6.54 Å². The van der Waals surface area contributed by atoms with Gasteiger partial charge in [0.05, 0.1) is 20.3 Å². The third-order valence-electron chi connectivity index (χ3n) is 3.29. The van der Waals surface area contributed by atoms with Gasteiger partial charge in [-0.3, -0.25) is 0 Å². The quantitative estimate of drug-likeness (QED) is 0.573. The number of nitrogens with one attached hydrogen (secondary N) is 2. The molecule has 0 heterocycles. The van der Waals surface area contributed by atoms with Gasteiger partial charge in [0.2, 0.25) is 0 Å². The van der Waals surface area contributed by atoms with Crippen LogP contribution in [0.25, 0.3) is 0 Å². The zero-order chi connectivity index (χ0) is 16.4. The molecule has 1 aromatic rings. The lowest BCUT2D eigenvalue weighted by Gasteiger charge is -2.16. The largest absolute Gasteiger partial charge is 0.493 e. The van der Waals surface area contributed by atoms with Crippen LogP contribution in [-0.4, -0.2) is 32.3 Å². The second-order valence-electron chi connectivity index (χ2n) is 5.07. The normalized spacial score (nSPS) is 12.7. The highest BCUT2D eigenvalue weighted by Crippen LogP contribution is 2.28. The summed E-state index contributed by atoms with van der Waals surface area (Å²) in [5, 5.41) is 6.65. The van der Waals surface area contributed by atoms with E-state index in [1.54, 1.807) is 7.11 Å². The van der Waals surface area contributed by atoms with Crippen LogP contribution >= 0.6 is 0 Å². The van der Waals surface area contributed by atoms with E-state index in [1.165, 1.54) is 0 Å². The van der Waals surface area contributed by atoms with Crippen LogP contribution < -0.4 is 20.1 Å². The van der Waals surface area contributed by atoms with E-state index in [0.717, 1.165) is 36.0 Å². The van der Waals surface area contributed by atoms with Crippen LogP contribution in [0.5, 0.6) is 11.5 Å². The van der Waals surface area contributed by atoms with Gasteiger partial charge in [-0.1, -0.05) is 13.0 Å². The van der Waals surface area contributed by atoms with Crippen LogP contribution in [0.1, 0.15) is 39.7 Å². The highest BCUT2D eigenvalue weighted by molar-refractivity contribution is 5.80. The lowest BCUT2D eigenvalue weighted by molar-refractivity contribution is 0.310. The minimum absolute atomic E-state index is 0.396. The van der Waals surface area contributed by atoms with Gasteiger partial charge < -0.3 is 20.1 Å². The van der Waals surface area contributed by atoms with Crippen molar-refractivity contribution in [2.75, 3.05) is 20.3 Å². The molecule has 0 saturated heterocycles. The Bertz CT molecular complexity index is 475. The Morgan fingerprint density at radius 3 is 2.59 bits per heavy atom. The van der Waals surface area contributed by atoms with Crippen molar-refractivity contribution in [3.63, 3.8) is 0 Å². The molecule has 22 heavy (non-hydrogen) atoms. The average Bonchev–Trinajstić information content (AvgIpc) is 2.53. The number of rotatable bonds is 8. The molecule has 0 bridgehead atoms. The monoisotopic (exact) mass is 307 g/mol. The highest BCUT2D eigenvalue weighted by atomic mass is 16.5. The first-order valence-electron chi connectivity index (χ1n) is 7.99. The molecule has 1 unspecified atom stereocenters. The number of aliphatic imine (C=N–C) groups is 1. The Morgan fingerprint density at radius 2 is 2.00 bits per heavy atom. The Labute approximate surface area is 134 Å². The Kier molecular flexibility index (Phi) is 8.18. The standard InChI is InChI=1S/C17H29N3O2/c1-6-13(4)20-17(18-7-2)19-12-14-9-10-15(21-5)16(11-14)22-8-3/h9-11,13H,6-8,12H2,1-5H3,(H2,18,19,20). The fourth-order valence-corrected chi connectivity index (χ4v) is 1.91. The molecular formula is C17H29N3O2. The van der Waals surface area contributed by atoms with E-state index in [4.69, 9.17) is 9.47 Å². The molecule has 1 atom stereocenters. The Balaban J connectivity index is 2.82. The Hall–Kier alpha value is -1.91. The number of hydrogen-bond donors (Lipinski definition) is 2. The summed E-state index contributed by atoms with van der Waals surface area (Å²) in [6.45, 7) is 10.4. The summed E-state index contributed by atoms with van der Waals surface area (Å²) in [6.07, 6.45) is 1.06. The molecule has 1 rings (SSSR count). The third-order valence-corrected chi connectivity index (χ3v) is 3.29. The predicted molar refractivity (Wildman–Crippen MR) is 91.9 cm³/mol. The lowest BCUT2D eigenvalue weighted by Crippen LogP contribution is -2.41. The molecule has 5 nitrogen and oxygen atoms in total. The van der Waals surface area contributed by atoms with Crippen molar-refractivity contribution >= 4 is 5.96 Å². The molecule has 0 aliphatic heterocycles. The van der Waals surface area contributed by atoms with E-state index >= 15 is 0 Å². The van der Waals surface area contributed by atoms with Crippen molar-refractivity contribution in [3.05, 3.63) is 23.8 Å². The SMILES string of the molecule is CCNC(=NCc1ccc(OC)c(OCC)c1)NC(C)CC. The van der Waals surface area contributed by atoms with Crippen LogP contribution in [0.15, 0.2) is 23.2 Å². The number of benzene rings is 1. The van der Waals surface area contributed by atoms with Crippen molar-refractivity contribution in [2.45, 2.75) is 46.7 Å². The second kappa shape index (κ2) is 9.92. The highest BCUT2D eigenvalue weighted by Gasteiger charge is 2.06. The maximum Gasteiger partial charge on any atom is 0.191 e. The molecule has 0 amide bonds. The minimum Gasteiger partial charge on any atom is -0.493 e. The molecular weight excluding hydrogens is 278 g/mol. The smallest absolute Gasteiger partial charge is 0.191 e. The van der Waals surface area contributed by atoms with Gasteiger partial charge >= 0.3 is 0 Å². The summed E-state index contributed by atoms with van der Waals surface area (Å²) in [5.41, 5.74) is 1.09. The molecule has 0 saturated carbocycles. The predicted octanol–water partition coefficient (Wildman–Crippen LogP) is 2.95. The molecule has 0 spiro atoms. The number of guanidine groups is 1. The number of ether oxygens (including phenoxy) is 2. The minimum atomic E-state index is 0.396. The van der Waals surface area contributed by atoms with E-state index < -0.39 is 0 Å². The molecule has 0 aliphatic rings. The van der Waals surface area contributed by atoms with Crippen molar-refractivity contribution in [1.29, 1.82) is 0 Å². The third kappa shape index (κ3) is 5.84.